The number of nitrogens with one attached hydrogen (secondary N) is 1. The number of nitrogens with zero attached hydrogens (tertiary/aromatic N) is 3. The minimum absolute atomic E-state index is 0.105. The molecule has 0 fully saturated rings. The van der Waals surface area contributed by atoms with E-state index in [0.29, 0.717) is 24.9 Å². The van der Waals surface area contributed by atoms with Gasteiger partial charge in [0.25, 0.3) is 5.56 Å². The van der Waals surface area contributed by atoms with Crippen molar-refractivity contribution in [3.05, 3.63) is 70.6 Å². The van der Waals surface area contributed by atoms with Gasteiger partial charge in [0.15, 0.2) is 0 Å². The number of hydrogen-bond donors (Lipinski definition) is 1. The largest absolute Gasteiger partial charge is 0.497 e. The number of hydrogen-bond acceptors (Lipinski definition) is 4. The number of methoxy groups -OCH3 is 1. The zero-order valence-corrected chi connectivity index (χ0v) is 18.0. The molecule has 31 heavy (non-hydrogen) atoms. The van der Waals surface area contributed by atoms with Crippen LogP contribution < -0.4 is 15.6 Å². The number of aromatic nitrogens is 3. The first-order valence-corrected chi connectivity index (χ1v) is 10.4. The maximum absolute atomic E-state index is 13.2. The lowest BCUT2D eigenvalue weighted by Crippen LogP contribution is -2.34. The fraction of sp³-hybridized carbons (Fsp3) is 0.292. The number of para-hydroxylation sites is 1. The van der Waals surface area contributed by atoms with E-state index in [1.807, 2.05) is 60.0 Å². The van der Waals surface area contributed by atoms with E-state index in [2.05, 4.69) is 10.4 Å². The third kappa shape index (κ3) is 3.79. The summed E-state index contributed by atoms with van der Waals surface area (Å²) in [7, 11) is 3.26. The van der Waals surface area contributed by atoms with Crippen molar-refractivity contribution in [2.75, 3.05) is 13.7 Å². The first-order valence-electron chi connectivity index (χ1n) is 10.4. The molecule has 2 heterocycles. The Morgan fingerprint density at radius 1 is 1.16 bits per heavy atom. The van der Waals surface area contributed by atoms with Crippen molar-refractivity contribution in [3.63, 3.8) is 0 Å². The minimum atomic E-state index is -0.497. The fourth-order valence-electron chi connectivity index (χ4n) is 4.07. The topological polar surface area (TPSA) is 78.2 Å². The summed E-state index contributed by atoms with van der Waals surface area (Å²) in [4.78, 5) is 26.1. The number of rotatable bonds is 7. The summed E-state index contributed by atoms with van der Waals surface area (Å²) < 4.78 is 8.44. The fourth-order valence-corrected chi connectivity index (χ4v) is 4.07. The van der Waals surface area contributed by atoms with Crippen LogP contribution in [0.5, 0.6) is 5.75 Å². The molecular weight excluding hydrogens is 392 g/mol. The Hall–Kier alpha value is -3.61. The summed E-state index contributed by atoms with van der Waals surface area (Å²) in [5.74, 6) is 0.692. The van der Waals surface area contributed by atoms with Gasteiger partial charge in [-0.25, -0.2) is 4.68 Å². The molecule has 7 heteroatoms. The zero-order valence-electron chi connectivity index (χ0n) is 18.0. The Morgan fingerprint density at radius 3 is 2.74 bits per heavy atom. The van der Waals surface area contributed by atoms with Gasteiger partial charge < -0.3 is 14.6 Å². The molecule has 0 aliphatic rings. The molecular formula is C24H26N4O3. The van der Waals surface area contributed by atoms with Crippen LogP contribution in [-0.2, 0) is 18.3 Å². The van der Waals surface area contributed by atoms with E-state index >= 15 is 0 Å². The van der Waals surface area contributed by atoms with Gasteiger partial charge in [-0.3, -0.25) is 9.59 Å². The van der Waals surface area contributed by atoms with Crippen LogP contribution in [0.25, 0.3) is 21.8 Å². The van der Waals surface area contributed by atoms with Gasteiger partial charge >= 0.3 is 0 Å². The molecule has 2 aromatic heterocycles. The summed E-state index contributed by atoms with van der Waals surface area (Å²) in [6, 6.07) is 15.1. The van der Waals surface area contributed by atoms with Crippen molar-refractivity contribution in [3.8, 4) is 5.75 Å². The second kappa shape index (κ2) is 8.63. The number of amides is 1. The highest BCUT2D eigenvalue weighted by molar-refractivity contribution is 6.08. The van der Waals surface area contributed by atoms with Crippen LogP contribution in [0.3, 0.4) is 0 Å². The molecule has 1 N–H and O–H groups in total. The van der Waals surface area contributed by atoms with Crippen LogP contribution in [0.1, 0.15) is 24.9 Å². The Balaban J connectivity index is 1.66. The molecule has 1 amide bonds. The van der Waals surface area contributed by atoms with E-state index < -0.39 is 6.04 Å². The summed E-state index contributed by atoms with van der Waals surface area (Å²) in [6.45, 7) is 2.46. The zero-order chi connectivity index (χ0) is 22.0. The van der Waals surface area contributed by atoms with E-state index in [9.17, 15) is 9.59 Å². The minimum Gasteiger partial charge on any atom is -0.497 e. The second-order valence-electron chi connectivity index (χ2n) is 7.54. The third-order valence-electron chi connectivity index (χ3n) is 5.65. The summed E-state index contributed by atoms with van der Waals surface area (Å²) in [5.41, 5.74) is 2.24. The van der Waals surface area contributed by atoms with Gasteiger partial charge in [0, 0.05) is 24.4 Å². The van der Waals surface area contributed by atoms with E-state index in [0.717, 1.165) is 27.6 Å². The van der Waals surface area contributed by atoms with Crippen LogP contribution in [0.4, 0.5) is 0 Å². The highest BCUT2D eigenvalue weighted by Crippen LogP contribution is 2.30. The number of benzene rings is 2. The van der Waals surface area contributed by atoms with Crippen LogP contribution in [-0.4, -0.2) is 33.9 Å². The average Bonchev–Trinajstić information content (AvgIpc) is 3.12. The van der Waals surface area contributed by atoms with Gasteiger partial charge in [-0.15, -0.1) is 0 Å². The van der Waals surface area contributed by atoms with Crippen LogP contribution >= 0.6 is 0 Å². The molecule has 1 atom stereocenters. The van der Waals surface area contributed by atoms with Gasteiger partial charge in [-0.2, -0.15) is 5.10 Å². The number of carbonyl (C=O) groups excluding carboxylic acids is 1. The molecule has 7 nitrogen and oxygen atoms in total. The molecule has 0 radical (unpaired) electrons. The molecule has 0 spiro atoms. The molecule has 160 valence electrons. The van der Waals surface area contributed by atoms with Gasteiger partial charge in [0.1, 0.15) is 17.3 Å². The second-order valence-corrected chi connectivity index (χ2v) is 7.54. The summed E-state index contributed by atoms with van der Waals surface area (Å²) >= 11 is 0. The van der Waals surface area contributed by atoms with Gasteiger partial charge in [-0.05, 0) is 36.6 Å². The Bertz CT molecular complexity index is 1310. The number of fused-ring (bicyclic) bond motifs is 3. The van der Waals surface area contributed by atoms with Gasteiger partial charge in [-0.1, -0.05) is 37.3 Å². The van der Waals surface area contributed by atoms with Crippen molar-refractivity contribution in [2.45, 2.75) is 25.8 Å². The highest BCUT2D eigenvalue weighted by Gasteiger charge is 2.25. The molecule has 0 bridgehead atoms. The quantitative estimate of drug-likeness (QED) is 0.500. The van der Waals surface area contributed by atoms with Crippen molar-refractivity contribution in [2.24, 2.45) is 7.05 Å². The van der Waals surface area contributed by atoms with Crippen molar-refractivity contribution in [1.82, 2.24) is 19.7 Å². The number of ether oxygens (including phenoxy) is 1. The van der Waals surface area contributed by atoms with E-state index in [1.165, 1.54) is 4.68 Å². The van der Waals surface area contributed by atoms with Crippen molar-refractivity contribution in [1.29, 1.82) is 0 Å². The molecule has 0 saturated heterocycles. The predicted molar refractivity (Wildman–Crippen MR) is 122 cm³/mol. The van der Waals surface area contributed by atoms with Crippen LogP contribution in [0, 0.1) is 0 Å². The standard InChI is InChI=1S/C24H26N4O3/c1-4-20(23(29)25-13-12-16-8-7-9-17(14-16)31-3)28-21-11-6-5-10-18(21)19-15-26-27(2)24(30)22(19)28/h5-11,14-15,20H,4,12-13H2,1-3H3,(H,25,29)/t20-/m1/s1. The van der Waals surface area contributed by atoms with Crippen molar-refractivity contribution >= 4 is 27.7 Å². The number of carbonyl (C=O) groups is 1. The lowest BCUT2D eigenvalue weighted by Gasteiger charge is -2.19. The first-order chi connectivity index (χ1) is 15.0. The maximum atomic E-state index is 13.2. The van der Waals surface area contributed by atoms with E-state index in [4.69, 9.17) is 4.74 Å². The molecule has 0 aliphatic carbocycles. The average molecular weight is 418 g/mol. The monoisotopic (exact) mass is 418 g/mol. The molecule has 4 rings (SSSR count). The Labute approximate surface area is 180 Å². The summed E-state index contributed by atoms with van der Waals surface area (Å²) in [6.07, 6.45) is 2.95. The predicted octanol–water partition coefficient (Wildman–Crippen LogP) is 3.21. The van der Waals surface area contributed by atoms with Crippen LogP contribution in [0.2, 0.25) is 0 Å². The first kappa shape index (κ1) is 20.7. The lowest BCUT2D eigenvalue weighted by atomic mass is 10.1. The smallest absolute Gasteiger partial charge is 0.291 e. The Kier molecular flexibility index (Phi) is 5.75. The van der Waals surface area contributed by atoms with E-state index in [1.54, 1.807) is 20.4 Å². The molecule has 0 aliphatic heterocycles. The third-order valence-corrected chi connectivity index (χ3v) is 5.65. The summed E-state index contributed by atoms with van der Waals surface area (Å²) in [5, 5.41) is 8.91. The maximum Gasteiger partial charge on any atom is 0.291 e. The molecule has 2 aromatic carbocycles. The van der Waals surface area contributed by atoms with Gasteiger partial charge in [0.2, 0.25) is 5.91 Å². The molecule has 0 unspecified atom stereocenters. The normalized spacial score (nSPS) is 12.2. The molecule has 4 aromatic rings. The van der Waals surface area contributed by atoms with Crippen LogP contribution in [0.15, 0.2) is 59.5 Å². The SMILES string of the molecule is CC[C@H](C(=O)NCCc1cccc(OC)c1)n1c2ccccc2c2cnn(C)c(=O)c21. The highest BCUT2D eigenvalue weighted by atomic mass is 16.5. The lowest BCUT2D eigenvalue weighted by molar-refractivity contribution is -0.124. The Morgan fingerprint density at radius 2 is 1.97 bits per heavy atom. The van der Waals surface area contributed by atoms with Gasteiger partial charge in [0.05, 0.1) is 18.8 Å². The van der Waals surface area contributed by atoms with Crippen molar-refractivity contribution < 1.29 is 9.53 Å². The molecule has 0 saturated carbocycles. The number of aryl methyl sites for hydroxylation is 1. The van der Waals surface area contributed by atoms with E-state index in [-0.39, 0.29) is 11.5 Å².